The lowest BCUT2D eigenvalue weighted by molar-refractivity contribution is 0.249. The molecule has 2 aliphatic carbocycles. The van der Waals surface area contributed by atoms with Crippen molar-refractivity contribution in [2.45, 2.75) is 26.7 Å². The average molecular weight is 152 g/mol. The minimum absolute atomic E-state index is 0.282. The van der Waals surface area contributed by atoms with Crippen LogP contribution in [0, 0.1) is 17.3 Å². The van der Waals surface area contributed by atoms with Gasteiger partial charge in [0.05, 0.1) is 6.61 Å². The van der Waals surface area contributed by atoms with Gasteiger partial charge in [0.25, 0.3) is 0 Å². The van der Waals surface area contributed by atoms with E-state index >= 15 is 0 Å². The fourth-order valence-electron chi connectivity index (χ4n) is 2.85. The molecule has 2 rings (SSSR count). The number of rotatable bonds is 1. The second-order valence-electron chi connectivity index (χ2n) is 4.46. The second kappa shape index (κ2) is 2.10. The second-order valence-corrected chi connectivity index (χ2v) is 4.46. The van der Waals surface area contributed by atoms with Gasteiger partial charge >= 0.3 is 0 Å². The summed E-state index contributed by atoms with van der Waals surface area (Å²) in [5.74, 6) is 1.42. The van der Waals surface area contributed by atoms with Gasteiger partial charge in [-0.25, -0.2) is 0 Å². The molecule has 1 N–H and O–H groups in total. The van der Waals surface area contributed by atoms with Crippen molar-refractivity contribution >= 4 is 0 Å². The number of aliphatic hydroxyl groups is 1. The molecule has 2 unspecified atom stereocenters. The minimum Gasteiger partial charge on any atom is -0.392 e. The molecule has 11 heavy (non-hydrogen) atoms. The van der Waals surface area contributed by atoms with Crippen LogP contribution in [-0.4, -0.2) is 11.7 Å². The summed E-state index contributed by atoms with van der Waals surface area (Å²) >= 11 is 0. The summed E-state index contributed by atoms with van der Waals surface area (Å²) in [6.45, 7) is 4.94. The maximum Gasteiger partial charge on any atom is 0.0644 e. The zero-order chi connectivity index (χ0) is 8.06. The van der Waals surface area contributed by atoms with Gasteiger partial charge < -0.3 is 5.11 Å². The van der Waals surface area contributed by atoms with Crippen LogP contribution in [0.2, 0.25) is 0 Å². The third-order valence-electron chi connectivity index (χ3n) is 3.67. The Morgan fingerprint density at radius 3 is 2.55 bits per heavy atom. The van der Waals surface area contributed by atoms with Crippen molar-refractivity contribution < 1.29 is 5.11 Å². The zero-order valence-electron chi connectivity index (χ0n) is 7.30. The first-order chi connectivity index (χ1) is 5.16. The lowest BCUT2D eigenvalue weighted by Crippen LogP contribution is -2.19. The highest BCUT2D eigenvalue weighted by Crippen LogP contribution is 2.56. The summed E-state index contributed by atoms with van der Waals surface area (Å²) in [6.07, 6.45) is 4.93. The first-order valence-electron chi connectivity index (χ1n) is 4.47. The van der Waals surface area contributed by atoms with E-state index in [4.69, 9.17) is 5.11 Å². The molecule has 1 saturated carbocycles. The molecule has 1 fully saturated rings. The quantitative estimate of drug-likeness (QED) is 0.569. The molecule has 0 heterocycles. The van der Waals surface area contributed by atoms with E-state index in [1.807, 2.05) is 0 Å². The summed E-state index contributed by atoms with van der Waals surface area (Å²) in [7, 11) is 0. The molecule has 0 saturated heterocycles. The van der Waals surface area contributed by atoms with Gasteiger partial charge in [-0.05, 0) is 35.7 Å². The Balaban J connectivity index is 2.29. The molecule has 0 aliphatic heterocycles. The Morgan fingerprint density at radius 1 is 1.55 bits per heavy atom. The zero-order valence-corrected chi connectivity index (χ0v) is 7.30. The molecular weight excluding hydrogens is 136 g/mol. The Hall–Kier alpha value is -0.300. The third kappa shape index (κ3) is 0.807. The largest absolute Gasteiger partial charge is 0.392 e. The first kappa shape index (κ1) is 7.35. The molecule has 0 amide bonds. The van der Waals surface area contributed by atoms with Gasteiger partial charge in [-0.2, -0.15) is 0 Å². The highest BCUT2D eigenvalue weighted by Gasteiger charge is 2.47. The van der Waals surface area contributed by atoms with Crippen molar-refractivity contribution in [1.29, 1.82) is 0 Å². The molecule has 0 radical (unpaired) electrons. The Kier molecular flexibility index (Phi) is 1.40. The van der Waals surface area contributed by atoms with E-state index in [1.165, 1.54) is 18.4 Å². The topological polar surface area (TPSA) is 20.2 Å². The van der Waals surface area contributed by atoms with E-state index in [9.17, 15) is 0 Å². The molecule has 62 valence electrons. The monoisotopic (exact) mass is 152 g/mol. The number of fused-ring (bicyclic) bond motifs is 2. The lowest BCUT2D eigenvalue weighted by Gasteiger charge is -2.25. The van der Waals surface area contributed by atoms with E-state index in [-0.39, 0.29) is 6.61 Å². The van der Waals surface area contributed by atoms with Crippen molar-refractivity contribution in [3.8, 4) is 0 Å². The standard InChI is InChI=1S/C10H16O/c1-10(2)8-3-4-9(10)7(5-8)6-11/h5,8-9,11H,3-4,6H2,1-2H3. The molecule has 2 bridgehead atoms. The van der Waals surface area contributed by atoms with Crippen molar-refractivity contribution in [2.75, 3.05) is 6.61 Å². The fourth-order valence-corrected chi connectivity index (χ4v) is 2.85. The van der Waals surface area contributed by atoms with E-state index in [2.05, 4.69) is 19.9 Å². The predicted molar refractivity (Wildman–Crippen MR) is 45.2 cm³/mol. The third-order valence-corrected chi connectivity index (χ3v) is 3.67. The lowest BCUT2D eigenvalue weighted by atomic mass is 9.79. The number of aliphatic hydroxyl groups excluding tert-OH is 1. The van der Waals surface area contributed by atoms with Crippen LogP contribution in [0.5, 0.6) is 0 Å². The van der Waals surface area contributed by atoms with Gasteiger partial charge in [-0.3, -0.25) is 0 Å². The summed E-state index contributed by atoms with van der Waals surface area (Å²) in [5.41, 5.74) is 1.74. The van der Waals surface area contributed by atoms with Crippen molar-refractivity contribution in [3.05, 3.63) is 11.6 Å². The number of allylic oxidation sites excluding steroid dienone is 1. The Morgan fingerprint density at radius 2 is 2.27 bits per heavy atom. The van der Waals surface area contributed by atoms with Crippen LogP contribution in [-0.2, 0) is 0 Å². The summed E-state index contributed by atoms with van der Waals surface area (Å²) in [4.78, 5) is 0. The van der Waals surface area contributed by atoms with E-state index in [0.29, 0.717) is 11.3 Å². The molecule has 0 aromatic heterocycles. The average Bonchev–Trinajstić information content (AvgIpc) is 2.40. The predicted octanol–water partition coefficient (Wildman–Crippen LogP) is 1.97. The maximum absolute atomic E-state index is 9.05. The van der Waals surface area contributed by atoms with Gasteiger partial charge in [0.15, 0.2) is 0 Å². The Bertz CT molecular complexity index is 203. The summed E-state index contributed by atoms with van der Waals surface area (Å²) in [6, 6.07) is 0. The fraction of sp³-hybridized carbons (Fsp3) is 0.800. The molecule has 1 heteroatoms. The van der Waals surface area contributed by atoms with Crippen molar-refractivity contribution in [2.24, 2.45) is 17.3 Å². The molecule has 2 atom stereocenters. The van der Waals surface area contributed by atoms with Gasteiger partial charge in [0.2, 0.25) is 0 Å². The van der Waals surface area contributed by atoms with Gasteiger partial charge in [-0.1, -0.05) is 19.9 Å². The molecule has 1 nitrogen and oxygen atoms in total. The van der Waals surface area contributed by atoms with Crippen LogP contribution in [0.25, 0.3) is 0 Å². The SMILES string of the molecule is CC1(C)C2C=C(CO)C1CC2. The number of hydrogen-bond acceptors (Lipinski definition) is 1. The van der Waals surface area contributed by atoms with Crippen LogP contribution in [0.1, 0.15) is 26.7 Å². The molecule has 0 spiro atoms. The number of hydrogen-bond donors (Lipinski definition) is 1. The normalized spacial score (nSPS) is 39.4. The smallest absolute Gasteiger partial charge is 0.0644 e. The highest BCUT2D eigenvalue weighted by atomic mass is 16.3. The van der Waals surface area contributed by atoms with Gasteiger partial charge in [-0.15, -0.1) is 0 Å². The van der Waals surface area contributed by atoms with Crippen LogP contribution >= 0.6 is 0 Å². The van der Waals surface area contributed by atoms with E-state index in [1.54, 1.807) is 0 Å². The van der Waals surface area contributed by atoms with E-state index < -0.39 is 0 Å². The minimum atomic E-state index is 0.282. The van der Waals surface area contributed by atoms with Crippen molar-refractivity contribution in [1.82, 2.24) is 0 Å². The van der Waals surface area contributed by atoms with Gasteiger partial charge in [0.1, 0.15) is 0 Å². The molecule has 0 aromatic rings. The van der Waals surface area contributed by atoms with Crippen molar-refractivity contribution in [3.63, 3.8) is 0 Å². The van der Waals surface area contributed by atoms with Crippen LogP contribution in [0.15, 0.2) is 11.6 Å². The van der Waals surface area contributed by atoms with Crippen LogP contribution in [0.4, 0.5) is 0 Å². The van der Waals surface area contributed by atoms with E-state index in [0.717, 1.165) is 5.92 Å². The summed E-state index contributed by atoms with van der Waals surface area (Å²) in [5, 5.41) is 9.05. The first-order valence-corrected chi connectivity index (χ1v) is 4.47. The molecule has 2 aliphatic rings. The maximum atomic E-state index is 9.05. The van der Waals surface area contributed by atoms with Gasteiger partial charge in [0, 0.05) is 0 Å². The summed E-state index contributed by atoms with van der Waals surface area (Å²) < 4.78 is 0. The van der Waals surface area contributed by atoms with Crippen LogP contribution in [0.3, 0.4) is 0 Å². The highest BCUT2D eigenvalue weighted by molar-refractivity contribution is 5.25. The molecular formula is C10H16O. The molecule has 0 aromatic carbocycles. The van der Waals surface area contributed by atoms with Crippen LogP contribution < -0.4 is 0 Å². The Labute approximate surface area is 68.1 Å².